The molecule has 0 saturated carbocycles. The van der Waals surface area contributed by atoms with Gasteiger partial charge in [-0.3, -0.25) is 0 Å². The number of imidazole rings is 1. The Kier molecular flexibility index (Phi) is 5.17. The zero-order valence-electron chi connectivity index (χ0n) is 12.6. The molecule has 1 unspecified atom stereocenters. The van der Waals surface area contributed by atoms with Crippen LogP contribution in [0.15, 0.2) is 15.9 Å². The van der Waals surface area contributed by atoms with Crippen LogP contribution >= 0.6 is 0 Å². The number of aromatic nitrogens is 4. The summed E-state index contributed by atoms with van der Waals surface area (Å²) in [4.78, 5) is 39.4. The van der Waals surface area contributed by atoms with Crippen molar-refractivity contribution >= 4 is 17.1 Å². The summed E-state index contributed by atoms with van der Waals surface area (Å²) < 4.78 is 9.12. The SMILES string of the molecule is CC(=O)[O][Hg][CH2]C(O)Cn1c(=O)c2c(ncn2C)n(C)c1=O. The number of aryl methyl sites for hydroxylation is 2. The van der Waals surface area contributed by atoms with Gasteiger partial charge in [-0.05, 0) is 0 Å². The number of fused-ring (bicyclic) bond motifs is 1. The maximum atomic E-state index is 12.4. The summed E-state index contributed by atoms with van der Waals surface area (Å²) in [6.45, 7) is 1.21. The molecule has 0 fully saturated rings. The fraction of sp³-hybridized carbons (Fsp3) is 0.500. The van der Waals surface area contributed by atoms with Gasteiger partial charge in [0.25, 0.3) is 0 Å². The molecule has 2 aromatic rings. The molecule has 0 radical (unpaired) electrons. The average molecular weight is 497 g/mol. The number of hydrogen-bond acceptors (Lipinski definition) is 6. The molecule has 2 aromatic heterocycles. The molecule has 0 amide bonds. The Bertz CT molecular complexity index is 821. The fourth-order valence-electron chi connectivity index (χ4n) is 2.20. The van der Waals surface area contributed by atoms with Gasteiger partial charge in [0, 0.05) is 0 Å². The normalized spacial score (nSPS) is 12.2. The number of aliphatic hydroxyl groups is 1. The van der Waals surface area contributed by atoms with E-state index in [9.17, 15) is 19.5 Å². The van der Waals surface area contributed by atoms with Gasteiger partial charge in [-0.2, -0.15) is 0 Å². The molecule has 0 aliphatic heterocycles. The van der Waals surface area contributed by atoms with Gasteiger partial charge in [0.15, 0.2) is 0 Å². The van der Waals surface area contributed by atoms with Crippen molar-refractivity contribution in [2.24, 2.45) is 14.1 Å². The second kappa shape index (κ2) is 6.74. The monoisotopic (exact) mass is 498 g/mol. The van der Waals surface area contributed by atoms with Crippen LogP contribution in [0, 0.1) is 0 Å². The Hall–Kier alpha value is -1.48. The quantitative estimate of drug-likeness (QED) is 0.520. The third-order valence-electron chi connectivity index (χ3n) is 3.35. The van der Waals surface area contributed by atoms with Crippen molar-refractivity contribution in [2.45, 2.75) is 23.5 Å². The van der Waals surface area contributed by atoms with Gasteiger partial charge < -0.3 is 0 Å². The summed E-state index contributed by atoms with van der Waals surface area (Å²) in [6, 6.07) is 0. The molecule has 116 valence electrons. The van der Waals surface area contributed by atoms with Crippen LogP contribution in [-0.2, 0) is 53.1 Å². The van der Waals surface area contributed by atoms with Gasteiger partial charge in [0.05, 0.1) is 0 Å². The average Bonchev–Trinajstić information content (AvgIpc) is 2.83. The molecule has 1 N–H and O–H groups in total. The molecule has 22 heavy (non-hydrogen) atoms. The molecular formula is C12H16HgN4O5. The van der Waals surface area contributed by atoms with E-state index in [4.69, 9.17) is 2.64 Å². The molecule has 0 aliphatic rings. The summed E-state index contributed by atoms with van der Waals surface area (Å²) in [7, 11) is 3.19. The van der Waals surface area contributed by atoms with Gasteiger partial charge in [-0.1, -0.05) is 0 Å². The zero-order valence-corrected chi connectivity index (χ0v) is 18.1. The van der Waals surface area contributed by atoms with Crippen molar-refractivity contribution in [3.8, 4) is 0 Å². The number of aliphatic hydroxyl groups excluding tert-OH is 1. The van der Waals surface area contributed by atoms with Crippen LogP contribution in [0.25, 0.3) is 11.2 Å². The van der Waals surface area contributed by atoms with Gasteiger partial charge >= 0.3 is 138 Å². The van der Waals surface area contributed by atoms with Crippen LogP contribution in [0.5, 0.6) is 0 Å². The zero-order chi connectivity index (χ0) is 16.4. The van der Waals surface area contributed by atoms with Crippen molar-refractivity contribution in [3.05, 3.63) is 27.2 Å². The second-order valence-corrected chi connectivity index (χ2v) is 10.0. The van der Waals surface area contributed by atoms with E-state index in [1.807, 2.05) is 0 Å². The first-order chi connectivity index (χ1) is 10.3. The van der Waals surface area contributed by atoms with Crippen LogP contribution in [0.2, 0.25) is 3.93 Å². The first-order valence-corrected chi connectivity index (χ1v) is 12.9. The summed E-state index contributed by atoms with van der Waals surface area (Å²) in [6.07, 6.45) is 0.585. The molecule has 2 heterocycles. The van der Waals surface area contributed by atoms with Crippen molar-refractivity contribution in [1.82, 2.24) is 18.7 Å². The first kappa shape index (κ1) is 16.9. The number of rotatable bonds is 5. The molecule has 10 heteroatoms. The molecule has 0 aromatic carbocycles. The van der Waals surface area contributed by atoms with E-state index >= 15 is 0 Å². The van der Waals surface area contributed by atoms with Crippen molar-refractivity contribution in [1.29, 1.82) is 0 Å². The molecule has 2 rings (SSSR count). The van der Waals surface area contributed by atoms with E-state index in [-0.39, 0.29) is 12.5 Å². The molecule has 0 bridgehead atoms. The fourth-order valence-corrected chi connectivity index (χ4v) is 5.54. The van der Waals surface area contributed by atoms with E-state index in [1.54, 1.807) is 11.6 Å². The van der Waals surface area contributed by atoms with E-state index in [1.165, 1.54) is 24.9 Å². The molecule has 1 atom stereocenters. The number of nitrogens with zero attached hydrogens (tertiary/aromatic N) is 4. The van der Waals surface area contributed by atoms with E-state index in [0.29, 0.717) is 15.1 Å². The predicted molar refractivity (Wildman–Crippen MR) is 72.8 cm³/mol. The third kappa shape index (κ3) is 3.30. The van der Waals surface area contributed by atoms with Crippen LogP contribution in [0.4, 0.5) is 0 Å². The van der Waals surface area contributed by atoms with Gasteiger partial charge in [-0.15, -0.1) is 0 Å². The van der Waals surface area contributed by atoms with E-state index in [0.717, 1.165) is 4.57 Å². The molecule has 9 nitrogen and oxygen atoms in total. The Morgan fingerprint density at radius 3 is 2.77 bits per heavy atom. The minimum atomic E-state index is -1.96. The first-order valence-electron chi connectivity index (χ1n) is 6.75. The maximum absolute atomic E-state index is 12.4. The molecule has 0 spiro atoms. The van der Waals surface area contributed by atoms with Crippen molar-refractivity contribution in [3.63, 3.8) is 0 Å². The van der Waals surface area contributed by atoms with E-state index in [2.05, 4.69) is 4.98 Å². The summed E-state index contributed by atoms with van der Waals surface area (Å²) in [5.41, 5.74) is -0.400. The van der Waals surface area contributed by atoms with Gasteiger partial charge in [-0.25, -0.2) is 0 Å². The topological polar surface area (TPSA) is 108 Å². The predicted octanol–water partition coefficient (Wildman–Crippen LogP) is -1.23. The van der Waals surface area contributed by atoms with Crippen LogP contribution in [0.3, 0.4) is 0 Å². The molecule has 0 saturated heterocycles. The van der Waals surface area contributed by atoms with Gasteiger partial charge in [0.1, 0.15) is 0 Å². The van der Waals surface area contributed by atoms with E-state index < -0.39 is 42.4 Å². The van der Waals surface area contributed by atoms with Gasteiger partial charge in [0.2, 0.25) is 0 Å². The summed E-state index contributed by atoms with van der Waals surface area (Å²) in [5, 5.41) is 9.98. The second-order valence-electron chi connectivity index (χ2n) is 5.07. The number of hydrogen-bond donors (Lipinski definition) is 1. The Labute approximate surface area is 138 Å². The van der Waals surface area contributed by atoms with Crippen molar-refractivity contribution in [2.75, 3.05) is 0 Å². The number of carbonyl (C=O) groups is 1. The molecular weight excluding hydrogens is 481 g/mol. The Morgan fingerprint density at radius 1 is 1.45 bits per heavy atom. The Morgan fingerprint density at radius 2 is 2.14 bits per heavy atom. The Balaban J connectivity index is 2.31. The van der Waals surface area contributed by atoms with Crippen LogP contribution < -0.4 is 11.2 Å². The molecule has 0 aliphatic carbocycles. The standard InChI is InChI=1S/C10H13N4O3.C2H4O2.Hg/c1-6(15)4-14-9(16)7-8(11-5-12(7)2)13(3)10(14)17;1-2(3)4;/h5-6,15H,1,4H2,2-3H3;1H3,(H,3,4);/q;;+1/p-1. The van der Waals surface area contributed by atoms with Crippen molar-refractivity contribution < 1.29 is 37.6 Å². The van der Waals surface area contributed by atoms with Crippen LogP contribution in [-0.4, -0.2) is 35.9 Å². The summed E-state index contributed by atoms with van der Waals surface area (Å²) in [5.74, 6) is -0.349. The summed E-state index contributed by atoms with van der Waals surface area (Å²) >= 11 is -1.96. The third-order valence-corrected chi connectivity index (χ3v) is 9.23. The number of carbonyl (C=O) groups excluding carboxylic acids is 1. The minimum absolute atomic E-state index is 0.117. The van der Waals surface area contributed by atoms with Crippen LogP contribution in [0.1, 0.15) is 6.92 Å².